The molecule has 0 aliphatic rings. The molecule has 0 aliphatic carbocycles. The van der Waals surface area contributed by atoms with Gasteiger partial charge in [-0.2, -0.15) is 5.10 Å². The van der Waals surface area contributed by atoms with E-state index < -0.39 is 0 Å². The van der Waals surface area contributed by atoms with Gasteiger partial charge in [0, 0.05) is 24.5 Å². The van der Waals surface area contributed by atoms with Crippen LogP contribution in [0.15, 0.2) is 76.5 Å². The number of hydrogen-bond acceptors (Lipinski definition) is 4. The van der Waals surface area contributed by atoms with Crippen LogP contribution in [0.1, 0.15) is 11.3 Å². The first kappa shape index (κ1) is 15.9. The molecule has 6 heteroatoms. The highest BCUT2D eigenvalue weighted by Gasteiger charge is 2.02. The molecule has 0 aliphatic heterocycles. The molecular formula is C18H16N4OS. The molecule has 0 bridgehead atoms. The van der Waals surface area contributed by atoms with Crippen LogP contribution in [0.4, 0.5) is 0 Å². The van der Waals surface area contributed by atoms with Gasteiger partial charge in [-0.3, -0.25) is 10.4 Å². The molecular weight excluding hydrogens is 320 g/mol. The number of hydrogen-bond donors (Lipinski definition) is 2. The zero-order valence-electron chi connectivity index (χ0n) is 12.8. The van der Waals surface area contributed by atoms with E-state index in [2.05, 4.69) is 20.8 Å². The summed E-state index contributed by atoms with van der Waals surface area (Å²) < 4.78 is 5.72. The van der Waals surface area contributed by atoms with Crippen molar-refractivity contribution in [3.8, 4) is 11.3 Å². The number of aromatic nitrogens is 1. The van der Waals surface area contributed by atoms with Crippen molar-refractivity contribution in [3.05, 3.63) is 78.3 Å². The van der Waals surface area contributed by atoms with Crippen molar-refractivity contribution in [1.82, 2.24) is 15.7 Å². The van der Waals surface area contributed by atoms with Gasteiger partial charge in [0.25, 0.3) is 0 Å². The fourth-order valence-corrected chi connectivity index (χ4v) is 2.18. The summed E-state index contributed by atoms with van der Waals surface area (Å²) in [5, 5.41) is 7.56. The molecule has 0 amide bonds. The van der Waals surface area contributed by atoms with Gasteiger partial charge in [-0.15, -0.1) is 0 Å². The lowest BCUT2D eigenvalue weighted by Gasteiger charge is -2.06. The molecule has 0 spiro atoms. The highest BCUT2D eigenvalue weighted by molar-refractivity contribution is 7.80. The molecule has 0 atom stereocenters. The fraction of sp³-hybridized carbons (Fsp3) is 0.0556. The summed E-state index contributed by atoms with van der Waals surface area (Å²) in [4.78, 5) is 4.05. The summed E-state index contributed by atoms with van der Waals surface area (Å²) in [7, 11) is 0. The van der Waals surface area contributed by atoms with Crippen molar-refractivity contribution in [2.24, 2.45) is 5.10 Å². The van der Waals surface area contributed by atoms with Gasteiger partial charge in [0.05, 0.1) is 6.21 Å². The van der Waals surface area contributed by atoms with Crippen LogP contribution >= 0.6 is 12.2 Å². The van der Waals surface area contributed by atoms with E-state index in [1.807, 2.05) is 54.6 Å². The van der Waals surface area contributed by atoms with Crippen molar-refractivity contribution in [1.29, 1.82) is 0 Å². The van der Waals surface area contributed by atoms with Crippen molar-refractivity contribution < 1.29 is 4.42 Å². The van der Waals surface area contributed by atoms with E-state index in [0.717, 1.165) is 16.9 Å². The Kier molecular flexibility index (Phi) is 5.32. The largest absolute Gasteiger partial charge is 0.455 e. The molecule has 3 rings (SSSR count). The van der Waals surface area contributed by atoms with Gasteiger partial charge in [-0.25, -0.2) is 0 Å². The van der Waals surface area contributed by atoms with Crippen molar-refractivity contribution in [2.75, 3.05) is 0 Å². The topological polar surface area (TPSA) is 62.5 Å². The van der Waals surface area contributed by atoms with Gasteiger partial charge in [-0.05, 0) is 36.0 Å². The van der Waals surface area contributed by atoms with Crippen molar-refractivity contribution in [2.45, 2.75) is 6.54 Å². The van der Waals surface area contributed by atoms with Crippen LogP contribution in [0.2, 0.25) is 0 Å². The molecule has 2 aromatic heterocycles. The number of nitrogens with one attached hydrogen (secondary N) is 2. The zero-order chi connectivity index (χ0) is 16.6. The van der Waals surface area contributed by atoms with Gasteiger partial charge >= 0.3 is 0 Å². The minimum absolute atomic E-state index is 0.435. The Morgan fingerprint density at radius 2 is 2.00 bits per heavy atom. The number of furan rings is 1. The minimum Gasteiger partial charge on any atom is -0.455 e. The summed E-state index contributed by atoms with van der Waals surface area (Å²) >= 11 is 5.16. The highest BCUT2D eigenvalue weighted by Crippen LogP contribution is 2.20. The van der Waals surface area contributed by atoms with Crippen LogP contribution < -0.4 is 10.7 Å². The number of pyridine rings is 1. The molecule has 2 heterocycles. The van der Waals surface area contributed by atoms with E-state index >= 15 is 0 Å². The molecule has 0 fully saturated rings. The van der Waals surface area contributed by atoms with E-state index in [9.17, 15) is 0 Å². The lowest BCUT2D eigenvalue weighted by Crippen LogP contribution is -2.31. The molecule has 1 aromatic carbocycles. The molecule has 0 radical (unpaired) electrons. The summed E-state index contributed by atoms with van der Waals surface area (Å²) in [6.07, 6.45) is 5.11. The molecule has 3 aromatic rings. The quantitative estimate of drug-likeness (QED) is 0.425. The molecule has 120 valence electrons. The second-order valence-electron chi connectivity index (χ2n) is 4.98. The normalized spacial score (nSPS) is 10.7. The van der Waals surface area contributed by atoms with Gasteiger partial charge in [-0.1, -0.05) is 36.4 Å². The highest BCUT2D eigenvalue weighted by atomic mass is 32.1. The Morgan fingerprint density at radius 3 is 2.79 bits per heavy atom. The van der Waals surface area contributed by atoms with Gasteiger partial charge < -0.3 is 9.73 Å². The summed E-state index contributed by atoms with van der Waals surface area (Å²) in [5.41, 5.74) is 4.83. The molecule has 0 saturated carbocycles. The lowest BCUT2D eigenvalue weighted by molar-refractivity contribution is 0.574. The number of nitrogens with zero attached hydrogens (tertiary/aromatic N) is 2. The van der Waals surface area contributed by atoms with E-state index in [-0.39, 0.29) is 0 Å². The first-order chi connectivity index (χ1) is 11.8. The van der Waals surface area contributed by atoms with Crippen LogP contribution in [0.25, 0.3) is 11.3 Å². The summed E-state index contributed by atoms with van der Waals surface area (Å²) in [5.74, 6) is 1.45. The monoisotopic (exact) mass is 336 g/mol. The number of hydrazone groups is 1. The van der Waals surface area contributed by atoms with E-state index in [0.29, 0.717) is 17.4 Å². The average molecular weight is 336 g/mol. The minimum atomic E-state index is 0.435. The third-order valence-electron chi connectivity index (χ3n) is 3.22. The SMILES string of the molecule is S=C(NCc1cccnc1)N/N=C/c1ccc(-c2ccccc2)o1. The Labute approximate surface area is 145 Å². The fourth-order valence-electron chi connectivity index (χ4n) is 2.06. The molecule has 0 unspecified atom stereocenters. The Morgan fingerprint density at radius 1 is 1.12 bits per heavy atom. The van der Waals surface area contributed by atoms with Crippen molar-refractivity contribution >= 4 is 23.5 Å². The van der Waals surface area contributed by atoms with Gasteiger partial charge in [0.1, 0.15) is 11.5 Å². The Bertz CT molecular complexity index is 815. The zero-order valence-corrected chi connectivity index (χ0v) is 13.7. The molecule has 24 heavy (non-hydrogen) atoms. The number of rotatable bonds is 5. The predicted octanol–water partition coefficient (Wildman–Crippen LogP) is 3.34. The maximum atomic E-state index is 5.72. The van der Waals surface area contributed by atoms with Crippen LogP contribution in [0.3, 0.4) is 0 Å². The molecule has 5 nitrogen and oxygen atoms in total. The summed E-state index contributed by atoms with van der Waals surface area (Å²) in [6.45, 7) is 0.591. The second kappa shape index (κ2) is 8.03. The van der Waals surface area contributed by atoms with E-state index in [1.54, 1.807) is 18.6 Å². The molecule has 0 saturated heterocycles. The maximum absolute atomic E-state index is 5.72. The second-order valence-corrected chi connectivity index (χ2v) is 5.39. The van der Waals surface area contributed by atoms with Crippen molar-refractivity contribution in [3.63, 3.8) is 0 Å². The lowest BCUT2D eigenvalue weighted by atomic mass is 10.2. The smallest absolute Gasteiger partial charge is 0.187 e. The van der Waals surface area contributed by atoms with E-state index in [4.69, 9.17) is 16.6 Å². The first-order valence-corrected chi connectivity index (χ1v) is 7.83. The Balaban J connectivity index is 1.49. The Hall–Kier alpha value is -2.99. The van der Waals surface area contributed by atoms with E-state index in [1.165, 1.54) is 0 Å². The standard InChI is InChI=1S/C18H16N4OS/c24-18(20-12-14-5-4-10-19-11-14)22-21-13-16-8-9-17(23-16)15-6-2-1-3-7-15/h1-11,13H,12H2,(H2,20,22,24)/b21-13+. The summed E-state index contributed by atoms with van der Waals surface area (Å²) in [6, 6.07) is 17.5. The number of thiocarbonyl (C=S) groups is 1. The first-order valence-electron chi connectivity index (χ1n) is 7.42. The number of benzene rings is 1. The van der Waals surface area contributed by atoms with Crippen LogP contribution in [-0.2, 0) is 6.54 Å². The van der Waals surface area contributed by atoms with Gasteiger partial charge in [0.2, 0.25) is 0 Å². The van der Waals surface area contributed by atoms with Gasteiger partial charge in [0.15, 0.2) is 5.11 Å². The predicted molar refractivity (Wildman–Crippen MR) is 98.5 cm³/mol. The molecule has 2 N–H and O–H groups in total. The maximum Gasteiger partial charge on any atom is 0.187 e. The third kappa shape index (κ3) is 4.50. The van der Waals surface area contributed by atoms with Crippen LogP contribution in [0.5, 0.6) is 0 Å². The average Bonchev–Trinajstić information content (AvgIpc) is 3.11. The third-order valence-corrected chi connectivity index (χ3v) is 3.45. The van der Waals surface area contributed by atoms with Crippen LogP contribution in [0, 0.1) is 0 Å². The van der Waals surface area contributed by atoms with Crippen LogP contribution in [-0.4, -0.2) is 16.3 Å².